The molecule has 29 heavy (non-hydrogen) atoms. The van der Waals surface area contributed by atoms with E-state index < -0.39 is 0 Å². The third kappa shape index (κ3) is 5.23. The van der Waals surface area contributed by atoms with Crippen LogP contribution in [-0.4, -0.2) is 24.4 Å². The topological polar surface area (TPSA) is 61.4 Å². The molecule has 3 aromatic carbocycles. The number of hydrogen-bond donors (Lipinski definition) is 2. The minimum absolute atomic E-state index is 0.0170. The van der Waals surface area contributed by atoms with E-state index in [1.54, 1.807) is 23.1 Å². The quantitative estimate of drug-likeness (QED) is 0.613. The maximum atomic E-state index is 12.9. The highest BCUT2D eigenvalue weighted by atomic mass is 16.2. The van der Waals surface area contributed by atoms with E-state index in [9.17, 15) is 9.59 Å². The van der Waals surface area contributed by atoms with Crippen molar-refractivity contribution in [2.75, 3.05) is 22.1 Å². The first-order valence-electron chi connectivity index (χ1n) is 9.62. The van der Waals surface area contributed by atoms with Crippen LogP contribution in [-0.2, 0) is 4.79 Å². The summed E-state index contributed by atoms with van der Waals surface area (Å²) in [6, 6.07) is 26.1. The van der Waals surface area contributed by atoms with Crippen LogP contribution >= 0.6 is 0 Å². The average Bonchev–Trinajstić information content (AvgIpc) is 2.74. The van der Waals surface area contributed by atoms with Gasteiger partial charge in [0.05, 0.1) is 12.1 Å². The number of amides is 2. The molecule has 0 spiro atoms. The van der Waals surface area contributed by atoms with Gasteiger partial charge in [-0.2, -0.15) is 0 Å². The van der Waals surface area contributed by atoms with Crippen LogP contribution in [0.15, 0.2) is 84.9 Å². The van der Waals surface area contributed by atoms with Gasteiger partial charge in [-0.15, -0.1) is 0 Å². The van der Waals surface area contributed by atoms with Crippen molar-refractivity contribution >= 4 is 28.9 Å². The Kier molecular flexibility index (Phi) is 6.63. The maximum absolute atomic E-state index is 12.9. The summed E-state index contributed by atoms with van der Waals surface area (Å²) in [7, 11) is 0. The summed E-state index contributed by atoms with van der Waals surface area (Å²) >= 11 is 0. The van der Waals surface area contributed by atoms with Crippen LogP contribution in [0.2, 0.25) is 0 Å². The van der Waals surface area contributed by atoms with Crippen LogP contribution in [0.3, 0.4) is 0 Å². The summed E-state index contributed by atoms with van der Waals surface area (Å²) in [5.74, 6) is -0.292. The zero-order chi connectivity index (χ0) is 20.6. The van der Waals surface area contributed by atoms with Crippen LogP contribution in [0, 0.1) is 0 Å². The summed E-state index contributed by atoms with van der Waals surface area (Å²) in [4.78, 5) is 27.3. The first-order valence-corrected chi connectivity index (χ1v) is 9.62. The largest absolute Gasteiger partial charge is 0.375 e. The van der Waals surface area contributed by atoms with E-state index in [4.69, 9.17) is 0 Å². The fraction of sp³-hybridized carbons (Fsp3) is 0.167. The van der Waals surface area contributed by atoms with E-state index in [-0.39, 0.29) is 24.4 Å². The summed E-state index contributed by atoms with van der Waals surface area (Å²) < 4.78 is 0. The Balaban J connectivity index is 1.72. The monoisotopic (exact) mass is 387 g/mol. The standard InChI is InChI=1S/C24H25N3O2/c1-18(2)27(20-13-7-4-8-14-20)23(28)17-25-22-16-10-9-15-21(22)24(29)26-19-11-5-3-6-12-19/h3-16,18,25H,17H2,1-2H3,(H,26,29). The normalized spacial score (nSPS) is 10.4. The Bertz CT molecular complexity index is 956. The Morgan fingerprint density at radius 1 is 0.828 bits per heavy atom. The number of nitrogens with one attached hydrogen (secondary N) is 2. The second-order valence-corrected chi connectivity index (χ2v) is 6.91. The Hall–Kier alpha value is -3.60. The number of carbonyl (C=O) groups excluding carboxylic acids is 2. The molecule has 148 valence electrons. The average molecular weight is 387 g/mol. The highest BCUT2D eigenvalue weighted by Gasteiger charge is 2.19. The van der Waals surface area contributed by atoms with Crippen molar-refractivity contribution in [3.05, 3.63) is 90.5 Å². The summed E-state index contributed by atoms with van der Waals surface area (Å²) in [6.07, 6.45) is 0. The molecule has 0 aliphatic rings. The summed E-state index contributed by atoms with van der Waals surface area (Å²) in [5, 5.41) is 6.01. The van der Waals surface area contributed by atoms with Gasteiger partial charge in [-0.3, -0.25) is 9.59 Å². The smallest absolute Gasteiger partial charge is 0.257 e. The summed E-state index contributed by atoms with van der Waals surface area (Å²) in [6.45, 7) is 4.04. The van der Waals surface area contributed by atoms with Crippen LogP contribution in [0.4, 0.5) is 17.1 Å². The number of hydrogen-bond acceptors (Lipinski definition) is 3. The molecule has 0 radical (unpaired) electrons. The zero-order valence-electron chi connectivity index (χ0n) is 16.6. The van der Waals surface area contributed by atoms with Crippen molar-refractivity contribution in [1.29, 1.82) is 0 Å². The van der Waals surface area contributed by atoms with Crippen molar-refractivity contribution in [3.63, 3.8) is 0 Å². The highest BCUT2D eigenvalue weighted by Crippen LogP contribution is 2.19. The van der Waals surface area contributed by atoms with Crippen molar-refractivity contribution in [2.24, 2.45) is 0 Å². The van der Waals surface area contributed by atoms with Crippen LogP contribution in [0.1, 0.15) is 24.2 Å². The van der Waals surface area contributed by atoms with Gasteiger partial charge < -0.3 is 15.5 Å². The van der Waals surface area contributed by atoms with Gasteiger partial charge in [-0.05, 0) is 50.2 Å². The molecule has 5 nitrogen and oxygen atoms in total. The molecule has 0 aliphatic carbocycles. The van der Waals surface area contributed by atoms with Gasteiger partial charge in [0.2, 0.25) is 5.91 Å². The summed E-state index contributed by atoms with van der Waals surface area (Å²) in [5.41, 5.74) is 2.67. The molecule has 0 aliphatic heterocycles. The number of nitrogens with zero attached hydrogens (tertiary/aromatic N) is 1. The van der Waals surface area contributed by atoms with Crippen molar-refractivity contribution in [2.45, 2.75) is 19.9 Å². The van der Waals surface area contributed by atoms with E-state index in [0.717, 1.165) is 11.4 Å². The van der Waals surface area contributed by atoms with E-state index in [1.807, 2.05) is 80.6 Å². The van der Waals surface area contributed by atoms with Crippen molar-refractivity contribution < 1.29 is 9.59 Å². The lowest BCUT2D eigenvalue weighted by atomic mass is 10.1. The van der Waals surface area contributed by atoms with Gasteiger partial charge in [0, 0.05) is 23.1 Å². The van der Waals surface area contributed by atoms with Gasteiger partial charge >= 0.3 is 0 Å². The van der Waals surface area contributed by atoms with E-state index in [2.05, 4.69) is 10.6 Å². The minimum Gasteiger partial charge on any atom is -0.375 e. The lowest BCUT2D eigenvalue weighted by Crippen LogP contribution is -2.40. The SMILES string of the molecule is CC(C)N(C(=O)CNc1ccccc1C(=O)Nc1ccccc1)c1ccccc1. The van der Waals surface area contributed by atoms with Gasteiger partial charge in [0.1, 0.15) is 0 Å². The molecule has 0 bridgehead atoms. The molecule has 3 rings (SSSR count). The third-order valence-electron chi connectivity index (χ3n) is 4.45. The molecule has 0 saturated heterocycles. The second kappa shape index (κ2) is 9.55. The molecule has 0 fully saturated rings. The first kappa shape index (κ1) is 20.1. The molecule has 0 heterocycles. The second-order valence-electron chi connectivity index (χ2n) is 6.91. The molecule has 0 atom stereocenters. The van der Waals surface area contributed by atoms with Gasteiger partial charge in [-0.25, -0.2) is 0 Å². The van der Waals surface area contributed by atoms with E-state index in [0.29, 0.717) is 11.3 Å². The van der Waals surface area contributed by atoms with Crippen molar-refractivity contribution in [3.8, 4) is 0 Å². The number of benzene rings is 3. The first-order chi connectivity index (χ1) is 14.1. The number of para-hydroxylation sites is 3. The molecular weight excluding hydrogens is 362 g/mol. The van der Waals surface area contributed by atoms with Crippen LogP contribution in [0.25, 0.3) is 0 Å². The molecule has 0 saturated carbocycles. The maximum Gasteiger partial charge on any atom is 0.257 e. The molecular formula is C24H25N3O2. The van der Waals surface area contributed by atoms with Crippen LogP contribution < -0.4 is 15.5 Å². The van der Waals surface area contributed by atoms with Crippen LogP contribution in [0.5, 0.6) is 0 Å². The minimum atomic E-state index is -0.226. The fourth-order valence-corrected chi connectivity index (χ4v) is 3.13. The molecule has 0 aromatic heterocycles. The molecule has 0 unspecified atom stereocenters. The van der Waals surface area contributed by atoms with E-state index in [1.165, 1.54) is 0 Å². The van der Waals surface area contributed by atoms with Gasteiger partial charge in [0.25, 0.3) is 5.91 Å². The predicted octanol–water partition coefficient (Wildman–Crippen LogP) is 4.79. The predicted molar refractivity (Wildman–Crippen MR) is 118 cm³/mol. The third-order valence-corrected chi connectivity index (χ3v) is 4.45. The molecule has 2 amide bonds. The lowest BCUT2D eigenvalue weighted by molar-refractivity contribution is -0.117. The molecule has 3 aromatic rings. The zero-order valence-corrected chi connectivity index (χ0v) is 16.6. The van der Waals surface area contributed by atoms with E-state index >= 15 is 0 Å². The van der Waals surface area contributed by atoms with Crippen molar-refractivity contribution in [1.82, 2.24) is 0 Å². The lowest BCUT2D eigenvalue weighted by Gasteiger charge is -2.27. The van der Waals surface area contributed by atoms with Gasteiger partial charge in [-0.1, -0.05) is 48.5 Å². The Labute approximate surface area is 171 Å². The fourth-order valence-electron chi connectivity index (χ4n) is 3.13. The van der Waals surface area contributed by atoms with Gasteiger partial charge in [0.15, 0.2) is 0 Å². The number of carbonyl (C=O) groups is 2. The Morgan fingerprint density at radius 3 is 2.07 bits per heavy atom. The highest BCUT2D eigenvalue weighted by molar-refractivity contribution is 6.08. The Morgan fingerprint density at radius 2 is 1.41 bits per heavy atom. The number of anilines is 3. The molecule has 5 heteroatoms. The molecule has 2 N–H and O–H groups in total. The number of rotatable bonds is 7.